The number of thiazole rings is 1. The summed E-state index contributed by atoms with van der Waals surface area (Å²) in [6.07, 6.45) is 0. The summed E-state index contributed by atoms with van der Waals surface area (Å²) in [6.45, 7) is 3.16. The number of amides is 4. The Kier molecular flexibility index (Phi) is 3.90. The van der Waals surface area contributed by atoms with Crippen LogP contribution in [-0.2, 0) is 21.7 Å². The first-order valence-electron chi connectivity index (χ1n) is 6.79. The Morgan fingerprint density at radius 3 is 2.87 bits per heavy atom. The van der Waals surface area contributed by atoms with E-state index in [9.17, 15) is 14.4 Å². The number of nitrogens with zero attached hydrogens (tertiary/aromatic N) is 2. The first kappa shape index (κ1) is 15.6. The quantitative estimate of drug-likeness (QED) is 0.827. The zero-order chi connectivity index (χ0) is 16.6. The average Bonchev–Trinajstić information content (AvgIpc) is 3.17. The Labute approximate surface area is 140 Å². The predicted molar refractivity (Wildman–Crippen MR) is 87.2 cm³/mol. The van der Waals surface area contributed by atoms with Crippen LogP contribution in [0.1, 0.15) is 25.1 Å². The Bertz CT molecular complexity index is 771. The maximum absolute atomic E-state index is 12.7. The zero-order valence-corrected chi connectivity index (χ0v) is 14.1. The van der Waals surface area contributed by atoms with Crippen molar-refractivity contribution in [3.63, 3.8) is 0 Å². The van der Waals surface area contributed by atoms with Crippen LogP contribution in [-0.4, -0.2) is 27.7 Å². The van der Waals surface area contributed by atoms with Crippen LogP contribution in [0, 0.1) is 0 Å². The number of rotatable bonds is 4. The van der Waals surface area contributed by atoms with Crippen LogP contribution in [0.3, 0.4) is 0 Å². The summed E-state index contributed by atoms with van der Waals surface area (Å²) in [5.41, 5.74) is 0.269. The zero-order valence-electron chi connectivity index (χ0n) is 12.5. The molecule has 0 spiro atoms. The van der Waals surface area contributed by atoms with E-state index in [0.29, 0.717) is 10.8 Å². The lowest BCUT2D eigenvalue weighted by atomic mass is 9.95. The van der Waals surface area contributed by atoms with Gasteiger partial charge in [0.1, 0.15) is 5.54 Å². The molecule has 1 saturated heterocycles. The molecule has 1 aliphatic rings. The van der Waals surface area contributed by atoms with E-state index in [4.69, 9.17) is 0 Å². The van der Waals surface area contributed by atoms with Crippen LogP contribution >= 0.6 is 22.7 Å². The number of carbonyl (C=O) groups excluding carboxylic acids is 3. The number of hydrogen-bond acceptors (Lipinski definition) is 6. The highest BCUT2D eigenvalue weighted by Crippen LogP contribution is 2.31. The first-order valence-corrected chi connectivity index (χ1v) is 8.61. The highest BCUT2D eigenvalue weighted by atomic mass is 32.1. The third kappa shape index (κ3) is 2.84. The lowest BCUT2D eigenvalue weighted by molar-refractivity contribution is -0.131. The van der Waals surface area contributed by atoms with Crippen LogP contribution in [0.4, 0.5) is 9.93 Å². The number of urea groups is 1. The summed E-state index contributed by atoms with van der Waals surface area (Å²) >= 11 is 2.72. The van der Waals surface area contributed by atoms with Crippen LogP contribution < -0.4 is 10.6 Å². The molecule has 1 fully saturated rings. The summed E-state index contributed by atoms with van der Waals surface area (Å²) in [4.78, 5) is 41.2. The number of imide groups is 1. The maximum Gasteiger partial charge on any atom is 0.325 e. The number of nitrogens with one attached hydrogen (secondary N) is 2. The van der Waals surface area contributed by atoms with Gasteiger partial charge in [0.05, 0.1) is 12.2 Å². The third-order valence-electron chi connectivity index (χ3n) is 3.53. The molecule has 4 amide bonds. The van der Waals surface area contributed by atoms with E-state index in [1.165, 1.54) is 29.6 Å². The second kappa shape index (κ2) is 5.74. The minimum Gasteiger partial charge on any atom is -0.319 e. The van der Waals surface area contributed by atoms with Gasteiger partial charge >= 0.3 is 6.03 Å². The molecule has 23 heavy (non-hydrogen) atoms. The molecule has 2 aromatic heterocycles. The standard InChI is InChI=1S/C14H14N4O3S2/c1-8(19)15-12-16-10(7-23-12)5-18-11(20)14(2,17-13(18)21)9-3-4-22-6-9/h3-4,6-7H,5H2,1-2H3,(H,17,21)(H,15,16,19). The largest absolute Gasteiger partial charge is 0.325 e. The van der Waals surface area contributed by atoms with Gasteiger partial charge in [-0.2, -0.15) is 11.3 Å². The molecule has 0 radical (unpaired) electrons. The molecule has 0 saturated carbocycles. The van der Waals surface area contributed by atoms with Gasteiger partial charge in [-0.05, 0) is 29.3 Å². The fraction of sp³-hybridized carbons (Fsp3) is 0.286. The van der Waals surface area contributed by atoms with E-state index >= 15 is 0 Å². The van der Waals surface area contributed by atoms with Gasteiger partial charge in [0.15, 0.2) is 5.13 Å². The fourth-order valence-corrected chi connectivity index (χ4v) is 3.85. The maximum atomic E-state index is 12.7. The van der Waals surface area contributed by atoms with Crippen molar-refractivity contribution in [2.45, 2.75) is 25.9 Å². The topological polar surface area (TPSA) is 91.4 Å². The lowest BCUT2D eigenvalue weighted by Crippen LogP contribution is -2.40. The van der Waals surface area contributed by atoms with E-state index in [0.717, 1.165) is 10.5 Å². The molecule has 0 aliphatic carbocycles. The lowest BCUT2D eigenvalue weighted by Gasteiger charge is -2.20. The predicted octanol–water partition coefficient (Wildman–Crippen LogP) is 2.13. The van der Waals surface area contributed by atoms with E-state index < -0.39 is 11.6 Å². The third-order valence-corrected chi connectivity index (χ3v) is 5.02. The van der Waals surface area contributed by atoms with Gasteiger partial charge in [-0.3, -0.25) is 14.5 Å². The Morgan fingerprint density at radius 1 is 1.43 bits per heavy atom. The van der Waals surface area contributed by atoms with E-state index in [1.54, 1.807) is 12.3 Å². The van der Waals surface area contributed by atoms with Crippen LogP contribution in [0.2, 0.25) is 0 Å². The number of hydrogen-bond donors (Lipinski definition) is 2. The molecule has 2 aromatic rings. The number of anilines is 1. The van der Waals surface area contributed by atoms with Crippen LogP contribution in [0.15, 0.2) is 22.2 Å². The first-order chi connectivity index (χ1) is 10.9. The van der Waals surface area contributed by atoms with Crippen molar-refractivity contribution in [2.24, 2.45) is 0 Å². The minimum absolute atomic E-state index is 0.0699. The average molecular weight is 350 g/mol. The molecule has 120 valence electrons. The molecular weight excluding hydrogens is 336 g/mol. The van der Waals surface area contributed by atoms with Crippen molar-refractivity contribution in [3.05, 3.63) is 33.5 Å². The van der Waals surface area contributed by atoms with Crippen molar-refractivity contribution in [1.29, 1.82) is 0 Å². The Morgan fingerprint density at radius 2 is 2.22 bits per heavy atom. The summed E-state index contributed by atoms with van der Waals surface area (Å²) in [7, 11) is 0. The normalized spacial score (nSPS) is 20.7. The van der Waals surface area contributed by atoms with E-state index in [1.807, 2.05) is 16.8 Å². The van der Waals surface area contributed by atoms with Gasteiger partial charge in [0.25, 0.3) is 5.91 Å². The number of aromatic nitrogens is 1. The van der Waals surface area contributed by atoms with Crippen molar-refractivity contribution in [3.8, 4) is 0 Å². The number of thiophene rings is 1. The van der Waals surface area contributed by atoms with E-state index in [-0.39, 0.29) is 18.4 Å². The summed E-state index contributed by atoms with van der Waals surface area (Å²) in [5.74, 6) is -0.527. The Hall–Kier alpha value is -2.26. The number of carbonyl (C=O) groups is 3. The second-order valence-electron chi connectivity index (χ2n) is 5.28. The molecule has 3 rings (SSSR count). The minimum atomic E-state index is -1.05. The molecule has 1 unspecified atom stereocenters. The fourth-order valence-electron chi connectivity index (χ4n) is 2.33. The highest BCUT2D eigenvalue weighted by molar-refractivity contribution is 7.13. The van der Waals surface area contributed by atoms with Crippen molar-refractivity contribution < 1.29 is 14.4 Å². The molecule has 2 N–H and O–H groups in total. The molecule has 0 bridgehead atoms. The molecular formula is C14H14N4O3S2. The van der Waals surface area contributed by atoms with Crippen LogP contribution in [0.25, 0.3) is 0 Å². The Balaban J connectivity index is 1.78. The molecule has 3 heterocycles. The van der Waals surface area contributed by atoms with Gasteiger partial charge in [-0.25, -0.2) is 9.78 Å². The van der Waals surface area contributed by atoms with Gasteiger partial charge in [0, 0.05) is 12.3 Å². The van der Waals surface area contributed by atoms with Gasteiger partial charge < -0.3 is 10.6 Å². The van der Waals surface area contributed by atoms with Crippen LogP contribution in [0.5, 0.6) is 0 Å². The van der Waals surface area contributed by atoms with Gasteiger partial charge in [-0.15, -0.1) is 11.3 Å². The molecule has 7 nitrogen and oxygen atoms in total. The highest BCUT2D eigenvalue weighted by Gasteiger charge is 2.49. The monoisotopic (exact) mass is 350 g/mol. The SMILES string of the molecule is CC(=O)Nc1nc(CN2C(=O)NC(C)(c3ccsc3)C2=O)cs1. The summed E-state index contributed by atoms with van der Waals surface area (Å²) in [6, 6.07) is 1.38. The molecule has 1 atom stereocenters. The molecule has 1 aliphatic heterocycles. The smallest absolute Gasteiger partial charge is 0.319 e. The molecule has 9 heteroatoms. The van der Waals surface area contributed by atoms with Crippen molar-refractivity contribution in [2.75, 3.05) is 5.32 Å². The van der Waals surface area contributed by atoms with Crippen molar-refractivity contribution >= 4 is 45.7 Å². The van der Waals surface area contributed by atoms with Crippen molar-refractivity contribution in [1.82, 2.24) is 15.2 Å². The van der Waals surface area contributed by atoms with Gasteiger partial charge in [-0.1, -0.05) is 0 Å². The van der Waals surface area contributed by atoms with E-state index in [2.05, 4.69) is 15.6 Å². The van der Waals surface area contributed by atoms with Gasteiger partial charge in [0.2, 0.25) is 5.91 Å². The second-order valence-corrected chi connectivity index (χ2v) is 6.92. The summed E-state index contributed by atoms with van der Waals surface area (Å²) in [5, 5.41) is 11.2. The summed E-state index contributed by atoms with van der Waals surface area (Å²) < 4.78 is 0. The molecule has 0 aromatic carbocycles.